The molecule has 2 aliphatic heterocycles. The number of hydrogen-bond acceptors (Lipinski definition) is 8. The number of rotatable bonds is 5. The summed E-state index contributed by atoms with van der Waals surface area (Å²) in [6.45, 7) is 4.49. The van der Waals surface area contributed by atoms with E-state index in [0.29, 0.717) is 59.9 Å². The number of fused-ring (bicyclic) bond motifs is 1. The summed E-state index contributed by atoms with van der Waals surface area (Å²) in [6.07, 6.45) is 7.22. The van der Waals surface area contributed by atoms with Gasteiger partial charge in [-0.1, -0.05) is 6.07 Å². The number of anilines is 1. The van der Waals surface area contributed by atoms with Gasteiger partial charge in [0.1, 0.15) is 22.8 Å². The summed E-state index contributed by atoms with van der Waals surface area (Å²) >= 11 is 0. The van der Waals surface area contributed by atoms with Gasteiger partial charge in [0.15, 0.2) is 16.1 Å². The Labute approximate surface area is 226 Å². The first-order valence-electron chi connectivity index (χ1n) is 13.1. The minimum absolute atomic E-state index is 0.0651. The zero-order valence-corrected chi connectivity index (χ0v) is 22.7. The minimum Gasteiger partial charge on any atom is -0.377 e. The predicted octanol–water partition coefficient (Wildman–Crippen LogP) is 4.63. The lowest BCUT2D eigenvalue weighted by atomic mass is 9.99. The average Bonchev–Trinajstić information content (AvgIpc) is 3.42. The van der Waals surface area contributed by atoms with Crippen LogP contribution in [0.1, 0.15) is 32.4 Å². The monoisotopic (exact) mass is 551 g/mol. The third-order valence-corrected chi connectivity index (χ3v) is 8.49. The van der Waals surface area contributed by atoms with Crippen molar-refractivity contribution in [1.82, 2.24) is 19.7 Å². The highest BCUT2D eigenvalue weighted by Crippen LogP contribution is 2.38. The van der Waals surface area contributed by atoms with Gasteiger partial charge < -0.3 is 14.4 Å². The molecule has 204 valence electrons. The molecule has 0 bridgehead atoms. The number of benzene rings is 1. The lowest BCUT2D eigenvalue weighted by molar-refractivity contribution is -0.0383. The largest absolute Gasteiger partial charge is 0.377 e. The molecule has 2 saturated heterocycles. The molecule has 0 spiro atoms. The van der Waals surface area contributed by atoms with E-state index in [-0.39, 0.29) is 17.2 Å². The second-order valence-corrected chi connectivity index (χ2v) is 12.1. The first kappa shape index (κ1) is 25.8. The highest BCUT2D eigenvalue weighted by Gasteiger charge is 2.26. The maximum atomic E-state index is 15.6. The second kappa shape index (κ2) is 10.3. The molecular formula is C28H30FN5O4S. The SMILES string of the molecule is CC1COCCN1c1cc(-c2ccc(S(C)(=O)=O)cc2F)c2ccnc(-c3ccnn3C3CCCCO3)c2n1. The predicted molar refractivity (Wildman–Crippen MR) is 146 cm³/mol. The van der Waals surface area contributed by atoms with Crippen LogP contribution in [-0.4, -0.2) is 66.8 Å². The number of ether oxygens (including phenoxy) is 2. The van der Waals surface area contributed by atoms with Gasteiger partial charge in [0.05, 0.1) is 29.8 Å². The molecule has 2 unspecified atom stereocenters. The summed E-state index contributed by atoms with van der Waals surface area (Å²) in [7, 11) is -3.56. The van der Waals surface area contributed by atoms with Gasteiger partial charge in [0, 0.05) is 42.8 Å². The Bertz CT molecular complexity index is 1630. The van der Waals surface area contributed by atoms with Crippen LogP contribution in [-0.2, 0) is 19.3 Å². The van der Waals surface area contributed by atoms with E-state index in [1.807, 2.05) is 22.9 Å². The fourth-order valence-electron chi connectivity index (χ4n) is 5.36. The molecule has 3 aromatic heterocycles. The van der Waals surface area contributed by atoms with Gasteiger partial charge in [0.25, 0.3) is 0 Å². The average molecular weight is 552 g/mol. The van der Waals surface area contributed by atoms with Crippen molar-refractivity contribution in [2.24, 2.45) is 0 Å². The second-order valence-electron chi connectivity index (χ2n) is 10.1. The molecule has 0 amide bonds. The molecule has 0 N–H and O–H groups in total. The van der Waals surface area contributed by atoms with Gasteiger partial charge in [-0.05, 0) is 62.1 Å². The van der Waals surface area contributed by atoms with Crippen molar-refractivity contribution in [3.05, 3.63) is 54.6 Å². The van der Waals surface area contributed by atoms with E-state index in [2.05, 4.69) is 16.9 Å². The standard InChI is InChI=1S/C28H30FN5O4S/c1-18-17-37-14-12-33(18)25-16-22(20-7-6-19(15-23(20)29)39(2,35)36)21-8-10-30-28(27(21)32-25)24-9-11-31-34(24)26-5-3-4-13-38-26/h6-11,15-16,18,26H,3-5,12-14,17H2,1-2H3. The number of halogens is 1. The number of nitrogens with zero attached hydrogens (tertiary/aromatic N) is 5. The number of pyridine rings is 2. The highest BCUT2D eigenvalue weighted by atomic mass is 32.2. The Kier molecular flexibility index (Phi) is 6.82. The Morgan fingerprint density at radius 2 is 1.92 bits per heavy atom. The van der Waals surface area contributed by atoms with Crippen LogP contribution in [0.25, 0.3) is 33.4 Å². The molecule has 2 fully saturated rings. The zero-order chi connectivity index (χ0) is 27.1. The number of aromatic nitrogens is 4. The first-order chi connectivity index (χ1) is 18.8. The zero-order valence-electron chi connectivity index (χ0n) is 21.9. The summed E-state index contributed by atoms with van der Waals surface area (Å²) in [6, 6.07) is 9.68. The maximum Gasteiger partial charge on any atom is 0.175 e. The van der Waals surface area contributed by atoms with Crippen LogP contribution in [0.3, 0.4) is 0 Å². The molecule has 2 aliphatic rings. The van der Waals surface area contributed by atoms with Crippen molar-refractivity contribution >= 4 is 26.6 Å². The Hall–Kier alpha value is -3.41. The molecule has 4 aromatic rings. The molecule has 0 aliphatic carbocycles. The fourth-order valence-corrected chi connectivity index (χ4v) is 5.99. The van der Waals surface area contributed by atoms with E-state index < -0.39 is 15.7 Å². The third-order valence-electron chi connectivity index (χ3n) is 7.38. The summed E-state index contributed by atoms with van der Waals surface area (Å²) in [4.78, 5) is 11.9. The van der Waals surface area contributed by atoms with Crippen LogP contribution >= 0.6 is 0 Å². The summed E-state index contributed by atoms with van der Waals surface area (Å²) < 4.78 is 53.2. The van der Waals surface area contributed by atoms with Crippen LogP contribution in [0.5, 0.6) is 0 Å². The van der Waals surface area contributed by atoms with Gasteiger partial charge in [0.2, 0.25) is 0 Å². The van der Waals surface area contributed by atoms with E-state index in [1.54, 1.807) is 12.4 Å². The molecule has 9 nitrogen and oxygen atoms in total. The first-order valence-corrected chi connectivity index (χ1v) is 15.0. The van der Waals surface area contributed by atoms with Crippen LogP contribution < -0.4 is 4.90 Å². The molecule has 5 heterocycles. The van der Waals surface area contributed by atoms with E-state index in [0.717, 1.165) is 37.3 Å². The van der Waals surface area contributed by atoms with Gasteiger partial charge in [-0.2, -0.15) is 5.10 Å². The lowest BCUT2D eigenvalue weighted by Gasteiger charge is -2.34. The van der Waals surface area contributed by atoms with Gasteiger partial charge >= 0.3 is 0 Å². The van der Waals surface area contributed by atoms with Gasteiger partial charge in [-0.3, -0.25) is 4.98 Å². The number of morpholine rings is 1. The van der Waals surface area contributed by atoms with Gasteiger partial charge in [-0.15, -0.1) is 0 Å². The van der Waals surface area contributed by atoms with Crippen molar-refractivity contribution < 1.29 is 22.3 Å². The van der Waals surface area contributed by atoms with E-state index in [4.69, 9.17) is 19.4 Å². The van der Waals surface area contributed by atoms with E-state index in [1.165, 1.54) is 12.1 Å². The van der Waals surface area contributed by atoms with Crippen molar-refractivity contribution in [1.29, 1.82) is 0 Å². The quantitative estimate of drug-likeness (QED) is 0.354. The fraction of sp³-hybridized carbons (Fsp3) is 0.393. The van der Waals surface area contributed by atoms with Crippen LogP contribution in [0, 0.1) is 5.82 Å². The Morgan fingerprint density at radius 1 is 1.05 bits per heavy atom. The molecule has 6 rings (SSSR count). The molecular weight excluding hydrogens is 521 g/mol. The Balaban J connectivity index is 1.58. The van der Waals surface area contributed by atoms with Crippen molar-refractivity contribution in [2.75, 3.05) is 37.5 Å². The third kappa shape index (κ3) is 4.90. The summed E-state index contributed by atoms with van der Waals surface area (Å²) in [5.74, 6) is 0.0551. The minimum atomic E-state index is -3.56. The van der Waals surface area contributed by atoms with Crippen LogP contribution in [0.15, 0.2) is 53.7 Å². The smallest absolute Gasteiger partial charge is 0.175 e. The number of sulfone groups is 1. The normalized spacial score (nSPS) is 20.4. The summed E-state index contributed by atoms with van der Waals surface area (Å²) in [5.41, 5.74) is 2.89. The topological polar surface area (TPSA) is 99.4 Å². The van der Waals surface area contributed by atoms with E-state index in [9.17, 15) is 8.42 Å². The van der Waals surface area contributed by atoms with Crippen molar-refractivity contribution in [3.8, 4) is 22.5 Å². The number of hydrogen-bond donors (Lipinski definition) is 0. The lowest BCUT2D eigenvalue weighted by Crippen LogP contribution is -2.44. The summed E-state index contributed by atoms with van der Waals surface area (Å²) in [5, 5.41) is 5.26. The highest BCUT2D eigenvalue weighted by molar-refractivity contribution is 7.90. The van der Waals surface area contributed by atoms with Gasteiger partial charge in [-0.25, -0.2) is 22.5 Å². The molecule has 0 saturated carbocycles. The molecule has 2 atom stereocenters. The van der Waals surface area contributed by atoms with Crippen LogP contribution in [0.2, 0.25) is 0 Å². The van der Waals surface area contributed by atoms with E-state index >= 15 is 4.39 Å². The molecule has 0 radical (unpaired) electrons. The van der Waals surface area contributed by atoms with Crippen molar-refractivity contribution in [3.63, 3.8) is 0 Å². The maximum absolute atomic E-state index is 15.6. The molecule has 1 aromatic carbocycles. The van der Waals surface area contributed by atoms with Crippen LogP contribution in [0.4, 0.5) is 10.2 Å². The molecule has 11 heteroatoms. The van der Waals surface area contributed by atoms with Crippen molar-refractivity contribution in [2.45, 2.75) is 43.4 Å². The molecule has 39 heavy (non-hydrogen) atoms. The Morgan fingerprint density at radius 3 is 2.67 bits per heavy atom.